The smallest absolute Gasteiger partial charge is 0.228 e. The molecule has 7 nitrogen and oxygen atoms in total. The fourth-order valence-corrected chi connectivity index (χ4v) is 6.10. The van der Waals surface area contributed by atoms with E-state index in [-0.39, 0.29) is 23.3 Å². The Morgan fingerprint density at radius 1 is 0.895 bits per heavy atom. The molecule has 0 radical (unpaired) electrons. The van der Waals surface area contributed by atoms with E-state index in [1.54, 1.807) is 24.3 Å². The summed E-state index contributed by atoms with van der Waals surface area (Å²) in [5, 5.41) is 5.74. The second kappa shape index (κ2) is 11.5. The molecule has 0 saturated carbocycles. The van der Waals surface area contributed by atoms with Crippen LogP contribution >= 0.6 is 11.3 Å². The fraction of sp³-hybridized carbons (Fsp3) is 0.241. The molecule has 1 amide bonds. The number of nitrogens with zero attached hydrogens (tertiary/aromatic N) is 3. The lowest BCUT2D eigenvalue weighted by Gasteiger charge is -2.39. The van der Waals surface area contributed by atoms with Crippen molar-refractivity contribution in [1.82, 2.24) is 14.8 Å². The predicted molar refractivity (Wildman–Crippen MR) is 152 cm³/mol. The average molecular weight is 547 g/mol. The Bertz CT molecular complexity index is 1430. The van der Waals surface area contributed by atoms with Crippen LogP contribution in [0.1, 0.15) is 22.9 Å². The predicted octanol–water partition coefficient (Wildman–Crippen LogP) is 4.77. The van der Waals surface area contributed by atoms with Crippen molar-refractivity contribution in [3.63, 3.8) is 0 Å². The van der Waals surface area contributed by atoms with Gasteiger partial charge in [-0.05, 0) is 35.4 Å². The van der Waals surface area contributed by atoms with Gasteiger partial charge < -0.3 is 10.2 Å². The largest absolute Gasteiger partial charge is 0.340 e. The number of nitrogens with one attached hydrogen (secondary N) is 1. The molecule has 1 aliphatic heterocycles. The number of carbonyl (C=O) groups excluding carboxylic acids is 1. The standard InChI is InChI=1S/C29H30N4O3S2/c1-38(35,36)26-14-12-24(13-15-26)30-29-31-25(21-37-29)20-27(34)32-16-18-33(19-17-32)28(22-8-4-2-5-9-22)23-10-6-3-7-11-23/h2-15,21,28H,16-20H2,1H3,(H,30,31). The second-order valence-corrected chi connectivity index (χ2v) is 12.3. The van der Waals surface area contributed by atoms with Gasteiger partial charge in [0.25, 0.3) is 0 Å². The van der Waals surface area contributed by atoms with E-state index in [1.165, 1.54) is 28.7 Å². The minimum Gasteiger partial charge on any atom is -0.340 e. The molecular formula is C29H30N4O3S2. The Kier molecular flexibility index (Phi) is 7.87. The number of anilines is 2. The van der Waals surface area contributed by atoms with Gasteiger partial charge in [-0.1, -0.05) is 60.7 Å². The quantitative estimate of drug-likeness (QED) is 0.343. The molecule has 196 valence electrons. The molecule has 0 atom stereocenters. The van der Waals surface area contributed by atoms with Crippen LogP contribution in [0.4, 0.5) is 10.8 Å². The Hall–Kier alpha value is -3.53. The van der Waals surface area contributed by atoms with E-state index in [4.69, 9.17) is 0 Å². The summed E-state index contributed by atoms with van der Waals surface area (Å²) in [4.78, 5) is 22.3. The Labute approximate surface area is 227 Å². The van der Waals surface area contributed by atoms with E-state index in [9.17, 15) is 13.2 Å². The Morgan fingerprint density at radius 3 is 2.03 bits per heavy atom. The molecule has 1 aliphatic rings. The van der Waals surface area contributed by atoms with Crippen LogP contribution < -0.4 is 5.32 Å². The first-order chi connectivity index (χ1) is 18.4. The maximum atomic E-state index is 13.1. The highest BCUT2D eigenvalue weighted by Crippen LogP contribution is 2.30. The first-order valence-corrected chi connectivity index (χ1v) is 15.3. The van der Waals surface area contributed by atoms with Gasteiger partial charge >= 0.3 is 0 Å². The first-order valence-electron chi connectivity index (χ1n) is 12.5. The third-order valence-electron chi connectivity index (χ3n) is 6.68. The van der Waals surface area contributed by atoms with Crippen molar-refractivity contribution in [2.24, 2.45) is 0 Å². The highest BCUT2D eigenvalue weighted by atomic mass is 32.2. The van der Waals surface area contributed by atoms with E-state index in [2.05, 4.69) is 63.7 Å². The topological polar surface area (TPSA) is 82.6 Å². The molecule has 1 saturated heterocycles. The second-order valence-electron chi connectivity index (χ2n) is 9.38. The van der Waals surface area contributed by atoms with E-state index < -0.39 is 9.84 Å². The van der Waals surface area contributed by atoms with Gasteiger partial charge in [-0.2, -0.15) is 0 Å². The molecule has 5 rings (SSSR count). The molecular weight excluding hydrogens is 516 g/mol. The lowest BCUT2D eigenvalue weighted by Crippen LogP contribution is -2.50. The normalized spacial score (nSPS) is 14.5. The van der Waals surface area contributed by atoms with Crippen LogP contribution in [0.2, 0.25) is 0 Å². The maximum absolute atomic E-state index is 13.1. The first kappa shape index (κ1) is 26.1. The number of rotatable bonds is 8. The van der Waals surface area contributed by atoms with E-state index in [0.717, 1.165) is 24.5 Å². The number of sulfone groups is 1. The number of piperazine rings is 1. The van der Waals surface area contributed by atoms with Crippen LogP contribution in [0.3, 0.4) is 0 Å². The number of thiazole rings is 1. The SMILES string of the molecule is CS(=O)(=O)c1ccc(Nc2nc(CC(=O)N3CCN(C(c4ccccc4)c4ccccc4)CC3)cs2)cc1. The van der Waals surface area contributed by atoms with Gasteiger partial charge in [-0.15, -0.1) is 11.3 Å². The number of benzene rings is 3. The number of hydrogen-bond acceptors (Lipinski definition) is 7. The van der Waals surface area contributed by atoms with E-state index in [0.29, 0.717) is 18.2 Å². The molecule has 1 fully saturated rings. The van der Waals surface area contributed by atoms with Crippen molar-refractivity contribution in [3.05, 3.63) is 107 Å². The third kappa shape index (κ3) is 6.30. The number of aromatic nitrogens is 1. The van der Waals surface area contributed by atoms with E-state index in [1.807, 2.05) is 22.4 Å². The van der Waals surface area contributed by atoms with Crippen LogP contribution in [0.5, 0.6) is 0 Å². The number of amides is 1. The van der Waals surface area contributed by atoms with Gasteiger partial charge in [0, 0.05) is 43.5 Å². The summed E-state index contributed by atoms with van der Waals surface area (Å²) in [6, 6.07) is 27.8. The molecule has 0 unspecified atom stereocenters. The highest BCUT2D eigenvalue weighted by molar-refractivity contribution is 7.90. The third-order valence-corrected chi connectivity index (χ3v) is 8.62. The lowest BCUT2D eigenvalue weighted by molar-refractivity contribution is -0.132. The molecule has 0 spiro atoms. The zero-order valence-corrected chi connectivity index (χ0v) is 22.8. The van der Waals surface area contributed by atoms with Gasteiger partial charge in [0.05, 0.1) is 23.1 Å². The molecule has 38 heavy (non-hydrogen) atoms. The van der Waals surface area contributed by atoms with Gasteiger partial charge in [-0.25, -0.2) is 13.4 Å². The fourth-order valence-electron chi connectivity index (χ4n) is 4.74. The Balaban J connectivity index is 1.18. The summed E-state index contributed by atoms with van der Waals surface area (Å²) in [5.41, 5.74) is 3.98. The molecule has 1 N–H and O–H groups in total. The molecule has 9 heteroatoms. The summed E-state index contributed by atoms with van der Waals surface area (Å²) in [7, 11) is -3.24. The summed E-state index contributed by atoms with van der Waals surface area (Å²) < 4.78 is 23.3. The molecule has 3 aromatic carbocycles. The average Bonchev–Trinajstić information content (AvgIpc) is 3.36. The van der Waals surface area contributed by atoms with Crippen molar-refractivity contribution in [3.8, 4) is 0 Å². The molecule has 0 aliphatic carbocycles. The summed E-state index contributed by atoms with van der Waals surface area (Å²) in [6.45, 7) is 2.95. The van der Waals surface area contributed by atoms with Crippen LogP contribution in [0.15, 0.2) is 95.2 Å². The summed E-state index contributed by atoms with van der Waals surface area (Å²) in [6.07, 6.45) is 1.44. The van der Waals surface area contributed by atoms with Crippen LogP contribution in [-0.4, -0.2) is 61.5 Å². The van der Waals surface area contributed by atoms with Crippen LogP contribution in [0.25, 0.3) is 0 Å². The summed E-state index contributed by atoms with van der Waals surface area (Å²) in [5.74, 6) is 0.0787. The van der Waals surface area contributed by atoms with Crippen molar-refractivity contribution >= 4 is 37.9 Å². The zero-order chi connectivity index (χ0) is 26.5. The van der Waals surface area contributed by atoms with Crippen molar-refractivity contribution in [1.29, 1.82) is 0 Å². The number of hydrogen-bond donors (Lipinski definition) is 1. The summed E-state index contributed by atoms with van der Waals surface area (Å²) >= 11 is 1.42. The van der Waals surface area contributed by atoms with Gasteiger partial charge in [-0.3, -0.25) is 9.69 Å². The van der Waals surface area contributed by atoms with Crippen molar-refractivity contribution < 1.29 is 13.2 Å². The monoisotopic (exact) mass is 546 g/mol. The maximum Gasteiger partial charge on any atom is 0.228 e. The van der Waals surface area contributed by atoms with Gasteiger partial charge in [0.1, 0.15) is 0 Å². The highest BCUT2D eigenvalue weighted by Gasteiger charge is 2.28. The molecule has 1 aromatic heterocycles. The molecule has 4 aromatic rings. The molecule has 0 bridgehead atoms. The molecule has 2 heterocycles. The van der Waals surface area contributed by atoms with Crippen molar-refractivity contribution in [2.75, 3.05) is 37.8 Å². The van der Waals surface area contributed by atoms with E-state index >= 15 is 0 Å². The van der Waals surface area contributed by atoms with Crippen LogP contribution in [-0.2, 0) is 21.1 Å². The van der Waals surface area contributed by atoms with Crippen LogP contribution in [0, 0.1) is 0 Å². The minimum absolute atomic E-state index is 0.0787. The van der Waals surface area contributed by atoms with Crippen molar-refractivity contribution in [2.45, 2.75) is 17.4 Å². The van der Waals surface area contributed by atoms with Gasteiger partial charge in [0.15, 0.2) is 15.0 Å². The lowest BCUT2D eigenvalue weighted by atomic mass is 9.96. The van der Waals surface area contributed by atoms with Gasteiger partial charge in [0.2, 0.25) is 5.91 Å². The minimum atomic E-state index is -3.24. The Morgan fingerprint density at radius 2 is 1.47 bits per heavy atom. The zero-order valence-electron chi connectivity index (χ0n) is 21.2. The number of carbonyl (C=O) groups is 1.